The molecule has 0 aliphatic heterocycles. The first-order chi connectivity index (χ1) is 30.5. The normalized spacial score (nSPS) is 11.8. The lowest BCUT2D eigenvalue weighted by atomic mass is 9.98. The molecule has 11 aromatic rings. The van der Waals surface area contributed by atoms with Gasteiger partial charge in [-0.2, -0.15) is 0 Å². The molecule has 62 heavy (non-hydrogen) atoms. The fourth-order valence-corrected chi connectivity index (χ4v) is 9.52. The van der Waals surface area contributed by atoms with Gasteiger partial charge < -0.3 is 18.6 Å². The molecule has 2 heterocycles. The summed E-state index contributed by atoms with van der Waals surface area (Å²) in [4.78, 5) is 4.75. The standard InChI is InChI=1S/C58H48N2O2/c1-5-37-17-25-41(26-18-37)59(42-27-19-38(6-2)20-28-42)50-35-53-55(47-15-11-9-13-45(47)50)49-33-34-52-57(58(49)62-53)56-48-16-12-10-14-46(48)51(36-54(56)61-52)60(43-29-21-39(7-3)22-30-43)44-31-23-40(8-4)24-32-44/h9-36H,5-8H2,1-4H3. The van der Waals surface area contributed by atoms with Crippen molar-refractivity contribution < 1.29 is 8.83 Å². The van der Waals surface area contributed by atoms with E-state index in [9.17, 15) is 0 Å². The molecular formula is C58H48N2O2. The van der Waals surface area contributed by atoms with E-state index in [2.05, 4.69) is 207 Å². The van der Waals surface area contributed by atoms with Crippen molar-refractivity contribution in [2.45, 2.75) is 53.4 Å². The second-order valence-electron chi connectivity index (χ2n) is 16.4. The maximum atomic E-state index is 7.19. The highest BCUT2D eigenvalue weighted by Crippen LogP contribution is 2.49. The van der Waals surface area contributed by atoms with Gasteiger partial charge in [-0.05, 0) is 119 Å². The summed E-state index contributed by atoms with van der Waals surface area (Å²) in [5.41, 5.74) is 15.1. The number of rotatable bonds is 10. The first-order valence-corrected chi connectivity index (χ1v) is 22.2. The molecule has 11 rings (SSSR count). The van der Waals surface area contributed by atoms with Crippen molar-refractivity contribution in [3.63, 3.8) is 0 Å². The Morgan fingerprint density at radius 1 is 0.323 bits per heavy atom. The fraction of sp³-hybridized carbons (Fsp3) is 0.138. The molecule has 4 nitrogen and oxygen atoms in total. The zero-order chi connectivity index (χ0) is 41.9. The van der Waals surface area contributed by atoms with Gasteiger partial charge in [-0.1, -0.05) is 125 Å². The predicted octanol–water partition coefficient (Wildman–Crippen LogP) is 17.0. The lowest BCUT2D eigenvalue weighted by Gasteiger charge is -2.27. The number of hydrogen-bond donors (Lipinski definition) is 0. The highest BCUT2D eigenvalue weighted by molar-refractivity contribution is 6.32. The van der Waals surface area contributed by atoms with E-state index in [1.54, 1.807) is 0 Å². The van der Waals surface area contributed by atoms with Crippen LogP contribution in [0.1, 0.15) is 49.9 Å². The lowest BCUT2D eigenvalue weighted by molar-refractivity contribution is 0.663. The van der Waals surface area contributed by atoms with Crippen molar-refractivity contribution in [2.75, 3.05) is 9.80 Å². The molecule has 0 spiro atoms. The SMILES string of the molecule is CCc1ccc(N(c2ccc(CC)cc2)c2cc3oc4c(ccc5oc6cc(N(c7ccc(CC)cc7)c7ccc(CC)cc7)c7ccccc7c6c54)c3c3ccccc23)cc1. The topological polar surface area (TPSA) is 32.8 Å². The minimum Gasteiger partial charge on any atom is -0.456 e. The van der Waals surface area contributed by atoms with E-state index < -0.39 is 0 Å². The van der Waals surface area contributed by atoms with Gasteiger partial charge >= 0.3 is 0 Å². The molecule has 0 atom stereocenters. The monoisotopic (exact) mass is 804 g/mol. The van der Waals surface area contributed by atoms with Gasteiger partial charge in [0.15, 0.2) is 0 Å². The van der Waals surface area contributed by atoms with E-state index in [1.165, 1.54) is 22.3 Å². The van der Waals surface area contributed by atoms with Gasteiger partial charge in [0.1, 0.15) is 22.3 Å². The van der Waals surface area contributed by atoms with E-state index in [4.69, 9.17) is 8.83 Å². The summed E-state index contributed by atoms with van der Waals surface area (Å²) in [7, 11) is 0. The van der Waals surface area contributed by atoms with Gasteiger partial charge in [-0.15, -0.1) is 0 Å². The Morgan fingerprint density at radius 3 is 1.10 bits per heavy atom. The summed E-state index contributed by atoms with van der Waals surface area (Å²) in [6.45, 7) is 8.81. The minimum absolute atomic E-state index is 0.804. The quantitative estimate of drug-likeness (QED) is 0.138. The maximum absolute atomic E-state index is 7.19. The van der Waals surface area contributed by atoms with Gasteiger partial charge in [-0.3, -0.25) is 0 Å². The van der Waals surface area contributed by atoms with Crippen LogP contribution in [0.25, 0.3) is 65.4 Å². The first-order valence-electron chi connectivity index (χ1n) is 22.2. The van der Waals surface area contributed by atoms with Crippen molar-refractivity contribution >= 4 is 99.5 Å². The largest absolute Gasteiger partial charge is 0.456 e. The van der Waals surface area contributed by atoms with Gasteiger partial charge in [0.05, 0.1) is 16.8 Å². The van der Waals surface area contributed by atoms with E-state index in [-0.39, 0.29) is 0 Å². The molecule has 9 aromatic carbocycles. The van der Waals surface area contributed by atoms with Crippen LogP contribution in [-0.4, -0.2) is 0 Å². The third kappa shape index (κ3) is 6.12. The van der Waals surface area contributed by atoms with Crippen LogP contribution in [0.4, 0.5) is 34.1 Å². The van der Waals surface area contributed by atoms with E-state index in [1.807, 2.05) is 0 Å². The van der Waals surface area contributed by atoms with Crippen LogP contribution in [0.3, 0.4) is 0 Å². The summed E-state index contributed by atoms with van der Waals surface area (Å²) in [6, 6.07) is 62.1. The maximum Gasteiger partial charge on any atom is 0.147 e. The van der Waals surface area contributed by atoms with E-state index in [0.29, 0.717) is 0 Å². The van der Waals surface area contributed by atoms with Crippen molar-refractivity contribution in [1.29, 1.82) is 0 Å². The number of fused-ring (bicyclic) bond motifs is 11. The first kappa shape index (κ1) is 37.7. The molecular weight excluding hydrogens is 757 g/mol. The molecule has 0 N–H and O–H groups in total. The Balaban J connectivity index is 1.17. The predicted molar refractivity (Wildman–Crippen MR) is 263 cm³/mol. The molecule has 4 heteroatoms. The Labute approximate surface area is 362 Å². The van der Waals surface area contributed by atoms with Crippen LogP contribution in [0.2, 0.25) is 0 Å². The Morgan fingerprint density at radius 2 is 0.694 bits per heavy atom. The van der Waals surface area contributed by atoms with Crippen LogP contribution in [0, 0.1) is 0 Å². The number of anilines is 6. The Bertz CT molecular complexity index is 3330. The Hall–Kier alpha value is -7.30. The van der Waals surface area contributed by atoms with Crippen LogP contribution in [0.5, 0.6) is 0 Å². The fourth-order valence-electron chi connectivity index (χ4n) is 9.52. The van der Waals surface area contributed by atoms with Gasteiger partial charge in [-0.25, -0.2) is 0 Å². The lowest BCUT2D eigenvalue weighted by Crippen LogP contribution is -2.10. The summed E-state index contributed by atoms with van der Waals surface area (Å²) in [6.07, 6.45) is 3.96. The molecule has 0 saturated heterocycles. The second kappa shape index (κ2) is 15.3. The zero-order valence-electron chi connectivity index (χ0n) is 35.7. The summed E-state index contributed by atoms with van der Waals surface area (Å²) in [5.74, 6) is 0. The van der Waals surface area contributed by atoms with Crippen LogP contribution >= 0.6 is 0 Å². The molecule has 0 unspecified atom stereocenters. The molecule has 0 amide bonds. The molecule has 0 aliphatic carbocycles. The number of aryl methyl sites for hydroxylation is 4. The van der Waals surface area contributed by atoms with Crippen molar-refractivity contribution in [1.82, 2.24) is 0 Å². The van der Waals surface area contributed by atoms with Crippen LogP contribution in [0.15, 0.2) is 179 Å². The highest BCUT2D eigenvalue weighted by Gasteiger charge is 2.25. The summed E-state index contributed by atoms with van der Waals surface area (Å²) >= 11 is 0. The smallest absolute Gasteiger partial charge is 0.147 e. The van der Waals surface area contributed by atoms with Crippen LogP contribution < -0.4 is 9.80 Å². The molecule has 0 aliphatic rings. The molecule has 302 valence electrons. The average molecular weight is 805 g/mol. The van der Waals surface area contributed by atoms with Crippen LogP contribution in [-0.2, 0) is 25.7 Å². The van der Waals surface area contributed by atoms with E-state index in [0.717, 1.165) is 125 Å². The van der Waals surface area contributed by atoms with Gasteiger partial charge in [0.2, 0.25) is 0 Å². The van der Waals surface area contributed by atoms with Crippen molar-refractivity contribution in [3.8, 4) is 0 Å². The van der Waals surface area contributed by atoms with Gasteiger partial charge in [0, 0.05) is 61.8 Å². The molecule has 0 saturated carbocycles. The summed E-state index contributed by atoms with van der Waals surface area (Å²) < 4.78 is 14.1. The molecule has 2 aromatic heterocycles. The Kier molecular flexibility index (Phi) is 9.30. The third-order valence-corrected chi connectivity index (χ3v) is 12.9. The highest BCUT2D eigenvalue weighted by atomic mass is 16.3. The zero-order valence-corrected chi connectivity index (χ0v) is 35.7. The number of hydrogen-bond acceptors (Lipinski definition) is 4. The number of furan rings is 2. The molecule has 0 bridgehead atoms. The minimum atomic E-state index is 0.804. The second-order valence-corrected chi connectivity index (χ2v) is 16.4. The summed E-state index contributed by atoms with van der Waals surface area (Å²) in [5, 5.41) is 8.81. The van der Waals surface area contributed by atoms with Crippen molar-refractivity contribution in [3.05, 3.63) is 192 Å². The number of nitrogens with zero attached hydrogens (tertiary/aromatic N) is 2. The molecule has 0 radical (unpaired) electrons. The van der Waals surface area contributed by atoms with E-state index >= 15 is 0 Å². The van der Waals surface area contributed by atoms with Gasteiger partial charge in [0.25, 0.3) is 0 Å². The van der Waals surface area contributed by atoms with Crippen molar-refractivity contribution in [2.24, 2.45) is 0 Å². The number of benzene rings is 9. The average Bonchev–Trinajstić information content (AvgIpc) is 3.91. The third-order valence-electron chi connectivity index (χ3n) is 12.9. The molecule has 0 fully saturated rings.